The van der Waals surface area contributed by atoms with Crippen LogP contribution in [0.5, 0.6) is 0 Å². The molecule has 0 saturated heterocycles. The molecule has 1 atom stereocenters. The van der Waals surface area contributed by atoms with Gasteiger partial charge in [0.15, 0.2) is 5.78 Å². The highest BCUT2D eigenvalue weighted by Crippen LogP contribution is 2.42. The molecule has 1 aliphatic carbocycles. The average Bonchev–Trinajstić information content (AvgIpc) is 2.60. The first-order valence-electron chi connectivity index (χ1n) is 8.18. The number of carboxylic acid groups (broad SMARTS) is 1. The Morgan fingerprint density at radius 1 is 1.04 bits per heavy atom. The molecule has 4 rings (SSSR count). The van der Waals surface area contributed by atoms with Crippen LogP contribution in [0.4, 0.5) is 5.82 Å². The summed E-state index contributed by atoms with van der Waals surface area (Å²) >= 11 is 0. The van der Waals surface area contributed by atoms with Gasteiger partial charge in [0.1, 0.15) is 5.82 Å². The molecular formula is C18H15N3O5. The second-order valence-electron chi connectivity index (χ2n) is 6.35. The third-order valence-electron chi connectivity index (χ3n) is 4.78. The summed E-state index contributed by atoms with van der Waals surface area (Å²) in [5.41, 5.74) is 0.981. The standard InChI is InChI=1S/C18H15N3O5/c22-11-3-1-2-10-13(11)12(8-4-6-9(7-5-8)17(24)25)14-15(19-10)20-18(26)21-16(14)23/h4-7,12H,1-3H2,(H,24,25)(H3,19,20,21,23,26)/t12-/m0/s1. The second-order valence-corrected chi connectivity index (χ2v) is 6.35. The topological polar surface area (TPSA) is 132 Å². The van der Waals surface area contributed by atoms with Crippen molar-refractivity contribution < 1.29 is 14.7 Å². The number of nitrogens with one attached hydrogen (secondary N) is 3. The molecule has 4 N–H and O–H groups in total. The Bertz CT molecular complexity index is 1080. The summed E-state index contributed by atoms with van der Waals surface area (Å²) in [6.07, 6.45) is 1.72. The molecule has 2 aliphatic rings. The van der Waals surface area contributed by atoms with Gasteiger partial charge in [0.05, 0.1) is 11.1 Å². The number of Topliss-reactive ketones (excluding diaryl/α,β-unsaturated/α-hetero) is 1. The van der Waals surface area contributed by atoms with Gasteiger partial charge >= 0.3 is 11.7 Å². The van der Waals surface area contributed by atoms with Crippen LogP contribution in [0.2, 0.25) is 0 Å². The number of aromatic amines is 2. The van der Waals surface area contributed by atoms with Crippen molar-refractivity contribution in [1.82, 2.24) is 9.97 Å². The van der Waals surface area contributed by atoms with E-state index in [1.54, 1.807) is 12.1 Å². The van der Waals surface area contributed by atoms with Crippen molar-refractivity contribution in [3.05, 3.63) is 73.1 Å². The van der Waals surface area contributed by atoms with Gasteiger partial charge in [-0.15, -0.1) is 0 Å². The molecule has 26 heavy (non-hydrogen) atoms. The lowest BCUT2D eigenvalue weighted by Crippen LogP contribution is -2.36. The normalized spacial score (nSPS) is 18.8. The van der Waals surface area contributed by atoms with E-state index in [0.29, 0.717) is 36.1 Å². The van der Waals surface area contributed by atoms with E-state index in [9.17, 15) is 19.2 Å². The molecule has 8 heteroatoms. The monoisotopic (exact) mass is 353 g/mol. The van der Waals surface area contributed by atoms with Crippen molar-refractivity contribution in [1.29, 1.82) is 0 Å². The van der Waals surface area contributed by atoms with Crippen LogP contribution in [0, 0.1) is 0 Å². The van der Waals surface area contributed by atoms with E-state index in [0.717, 1.165) is 0 Å². The Morgan fingerprint density at radius 2 is 1.77 bits per heavy atom. The summed E-state index contributed by atoms with van der Waals surface area (Å²) in [6, 6.07) is 6.07. The number of allylic oxidation sites excluding steroid dienone is 2. The highest BCUT2D eigenvalue weighted by molar-refractivity contribution is 6.01. The minimum Gasteiger partial charge on any atom is -0.478 e. The van der Waals surface area contributed by atoms with Gasteiger partial charge in [0, 0.05) is 23.6 Å². The Kier molecular flexibility index (Phi) is 3.61. The predicted octanol–water partition coefficient (Wildman–Crippen LogP) is 1.33. The van der Waals surface area contributed by atoms with Crippen LogP contribution >= 0.6 is 0 Å². The number of anilines is 1. The number of carbonyl (C=O) groups excluding carboxylic acids is 1. The second kappa shape index (κ2) is 5.83. The molecule has 1 aromatic carbocycles. The van der Waals surface area contributed by atoms with Gasteiger partial charge in [-0.05, 0) is 30.5 Å². The first-order valence-corrected chi connectivity index (χ1v) is 8.18. The smallest absolute Gasteiger partial charge is 0.335 e. The molecule has 0 amide bonds. The quantitative estimate of drug-likeness (QED) is 0.644. The SMILES string of the molecule is O=C1CCCC2=C1[C@H](c1ccc(C(=O)O)cc1)c1c([nH]c(=O)[nH]c1=O)N2. The van der Waals surface area contributed by atoms with Gasteiger partial charge in [0.2, 0.25) is 0 Å². The van der Waals surface area contributed by atoms with Gasteiger partial charge in [-0.25, -0.2) is 9.59 Å². The van der Waals surface area contributed by atoms with Crippen molar-refractivity contribution in [2.75, 3.05) is 5.32 Å². The van der Waals surface area contributed by atoms with Crippen LogP contribution in [-0.4, -0.2) is 26.8 Å². The van der Waals surface area contributed by atoms with Crippen molar-refractivity contribution in [2.24, 2.45) is 0 Å². The zero-order valence-electron chi connectivity index (χ0n) is 13.6. The minimum absolute atomic E-state index is 0.0534. The largest absolute Gasteiger partial charge is 0.478 e. The van der Waals surface area contributed by atoms with E-state index in [1.165, 1.54) is 12.1 Å². The van der Waals surface area contributed by atoms with Crippen LogP contribution in [0.1, 0.15) is 46.7 Å². The van der Waals surface area contributed by atoms with Crippen molar-refractivity contribution in [2.45, 2.75) is 25.2 Å². The van der Waals surface area contributed by atoms with Gasteiger partial charge in [-0.2, -0.15) is 0 Å². The van der Waals surface area contributed by atoms with Crippen LogP contribution < -0.4 is 16.6 Å². The summed E-state index contributed by atoms with van der Waals surface area (Å²) in [5.74, 6) is -1.49. The molecule has 2 aromatic rings. The fraction of sp³-hybridized carbons (Fsp3) is 0.222. The molecule has 0 bridgehead atoms. The molecule has 8 nitrogen and oxygen atoms in total. The van der Waals surface area contributed by atoms with E-state index < -0.39 is 23.1 Å². The maximum Gasteiger partial charge on any atom is 0.335 e. The number of carboxylic acids is 1. The Balaban J connectivity index is 1.96. The molecule has 1 aliphatic heterocycles. The van der Waals surface area contributed by atoms with E-state index in [1.807, 2.05) is 0 Å². The summed E-state index contributed by atoms with van der Waals surface area (Å²) in [6.45, 7) is 0. The van der Waals surface area contributed by atoms with Crippen molar-refractivity contribution >= 4 is 17.6 Å². The van der Waals surface area contributed by atoms with Crippen LogP contribution in [0.25, 0.3) is 0 Å². The minimum atomic E-state index is -1.06. The molecule has 0 unspecified atom stereocenters. The number of aromatic nitrogens is 2. The summed E-state index contributed by atoms with van der Waals surface area (Å²) in [4.78, 5) is 52.6. The number of fused-ring (bicyclic) bond motifs is 1. The van der Waals surface area contributed by atoms with Crippen molar-refractivity contribution in [3.8, 4) is 0 Å². The van der Waals surface area contributed by atoms with Crippen LogP contribution in [-0.2, 0) is 4.79 Å². The number of rotatable bonds is 2. The van der Waals surface area contributed by atoms with Crippen LogP contribution in [0.15, 0.2) is 45.1 Å². The van der Waals surface area contributed by atoms with Crippen molar-refractivity contribution in [3.63, 3.8) is 0 Å². The first-order chi connectivity index (χ1) is 12.5. The molecule has 0 fully saturated rings. The number of hydrogen-bond donors (Lipinski definition) is 4. The molecule has 0 spiro atoms. The Hall–Kier alpha value is -3.42. The molecule has 2 heterocycles. The van der Waals surface area contributed by atoms with Crippen LogP contribution in [0.3, 0.4) is 0 Å². The van der Waals surface area contributed by atoms with Gasteiger partial charge in [-0.1, -0.05) is 12.1 Å². The number of aromatic carboxylic acids is 1. The van der Waals surface area contributed by atoms with E-state index >= 15 is 0 Å². The first kappa shape index (κ1) is 16.1. The zero-order chi connectivity index (χ0) is 18.4. The fourth-order valence-corrected chi connectivity index (χ4v) is 3.65. The number of ketones is 1. The van der Waals surface area contributed by atoms with Gasteiger partial charge < -0.3 is 10.4 Å². The summed E-state index contributed by atoms with van der Waals surface area (Å²) in [5, 5.41) is 12.1. The van der Waals surface area contributed by atoms with Gasteiger partial charge in [0.25, 0.3) is 5.56 Å². The van der Waals surface area contributed by atoms with E-state index in [2.05, 4.69) is 15.3 Å². The third kappa shape index (κ3) is 2.46. The van der Waals surface area contributed by atoms with E-state index in [4.69, 9.17) is 5.11 Å². The zero-order valence-corrected chi connectivity index (χ0v) is 13.6. The fourth-order valence-electron chi connectivity index (χ4n) is 3.65. The molecule has 0 saturated carbocycles. The lowest BCUT2D eigenvalue weighted by Gasteiger charge is -2.32. The number of hydrogen-bond acceptors (Lipinski definition) is 5. The molecular weight excluding hydrogens is 338 g/mol. The Morgan fingerprint density at radius 3 is 2.46 bits per heavy atom. The number of H-pyrrole nitrogens is 2. The molecule has 1 aromatic heterocycles. The average molecular weight is 353 g/mol. The summed E-state index contributed by atoms with van der Waals surface area (Å²) < 4.78 is 0. The Labute approximate surface area is 146 Å². The maximum absolute atomic E-state index is 12.6. The number of carbonyl (C=O) groups is 2. The highest BCUT2D eigenvalue weighted by Gasteiger charge is 2.37. The predicted molar refractivity (Wildman–Crippen MR) is 92.4 cm³/mol. The number of benzene rings is 1. The lowest BCUT2D eigenvalue weighted by molar-refractivity contribution is -0.116. The molecule has 0 radical (unpaired) electrons. The maximum atomic E-state index is 12.6. The third-order valence-corrected chi connectivity index (χ3v) is 4.78. The van der Waals surface area contributed by atoms with Gasteiger partial charge in [-0.3, -0.25) is 19.6 Å². The lowest BCUT2D eigenvalue weighted by atomic mass is 9.76. The van der Waals surface area contributed by atoms with E-state index in [-0.39, 0.29) is 22.7 Å². The summed E-state index contributed by atoms with van der Waals surface area (Å²) in [7, 11) is 0. The molecule has 132 valence electrons. The highest BCUT2D eigenvalue weighted by atomic mass is 16.4.